The Balaban J connectivity index is 2.27. The van der Waals surface area contributed by atoms with Crippen molar-refractivity contribution in [3.8, 4) is 0 Å². The van der Waals surface area contributed by atoms with E-state index in [0.717, 1.165) is 8.03 Å². The van der Waals surface area contributed by atoms with Gasteiger partial charge >= 0.3 is 0 Å². The lowest BCUT2D eigenvalue weighted by Crippen LogP contribution is -2.13. The lowest BCUT2D eigenvalue weighted by atomic mass is 9.88. The third-order valence-electron chi connectivity index (χ3n) is 2.74. The van der Waals surface area contributed by atoms with E-state index in [9.17, 15) is 0 Å². The molecule has 0 amide bonds. The molecule has 1 fully saturated rings. The average molecular weight is 185 g/mol. The largest absolute Gasteiger partial charge is 0.244 e. The summed E-state index contributed by atoms with van der Waals surface area (Å²) in [5, 5.41) is 1.60. The van der Waals surface area contributed by atoms with E-state index in [1.54, 1.807) is 5.30 Å². The van der Waals surface area contributed by atoms with Crippen LogP contribution in [0.15, 0.2) is 6.20 Å². The lowest BCUT2D eigenvalue weighted by Gasteiger charge is -2.20. The molecule has 0 aromatic carbocycles. The van der Waals surface area contributed by atoms with Gasteiger partial charge in [0, 0.05) is 11.5 Å². The Morgan fingerprint density at radius 2 is 2.27 bits per heavy atom. The molecule has 1 heterocycles. The van der Waals surface area contributed by atoms with Crippen LogP contribution in [0.4, 0.5) is 0 Å². The Kier molecular flexibility index (Phi) is 2.04. The summed E-state index contributed by atoms with van der Waals surface area (Å²) in [6, 6.07) is 0. The Hall–Kier alpha value is 0.140. The van der Waals surface area contributed by atoms with Gasteiger partial charge in [-0.25, -0.2) is 4.75 Å². The Morgan fingerprint density at radius 3 is 2.82 bits per heavy atom. The first kappa shape index (κ1) is 7.77. The van der Waals surface area contributed by atoms with Crippen LogP contribution in [-0.2, 0) is 5.41 Å². The molecule has 1 nitrogen and oxygen atoms in total. The van der Waals surface area contributed by atoms with E-state index in [2.05, 4.69) is 17.9 Å². The molecule has 1 unspecified atom stereocenters. The fourth-order valence-corrected chi connectivity index (χ4v) is 4.63. The molecule has 1 saturated carbocycles. The van der Waals surface area contributed by atoms with Crippen molar-refractivity contribution in [2.75, 3.05) is 0 Å². The lowest BCUT2D eigenvalue weighted by molar-refractivity contribution is 0.501. The van der Waals surface area contributed by atoms with Crippen LogP contribution in [-0.4, -0.2) is 4.75 Å². The smallest absolute Gasteiger partial charge is 0.0397 e. The van der Waals surface area contributed by atoms with E-state index in [-0.39, 0.29) is 0 Å². The normalized spacial score (nSPS) is 23.7. The van der Waals surface area contributed by atoms with Crippen molar-refractivity contribution in [3.63, 3.8) is 0 Å². The maximum Gasteiger partial charge on any atom is 0.0397 e. The van der Waals surface area contributed by atoms with Crippen molar-refractivity contribution in [1.29, 1.82) is 0 Å². The third-order valence-corrected chi connectivity index (χ3v) is 5.35. The van der Waals surface area contributed by atoms with Gasteiger partial charge in [0.1, 0.15) is 0 Å². The molecule has 0 radical (unpaired) electrons. The van der Waals surface area contributed by atoms with Gasteiger partial charge in [0.25, 0.3) is 0 Å². The van der Waals surface area contributed by atoms with Crippen molar-refractivity contribution >= 4 is 15.9 Å². The summed E-state index contributed by atoms with van der Waals surface area (Å²) in [7, 11) is 2.29. The van der Waals surface area contributed by atoms with Gasteiger partial charge in [-0.05, 0) is 34.2 Å². The molecular weight excluding hydrogens is 172 g/mol. The van der Waals surface area contributed by atoms with Gasteiger partial charge < -0.3 is 0 Å². The van der Waals surface area contributed by atoms with Crippen molar-refractivity contribution in [1.82, 2.24) is 4.75 Å². The molecule has 1 atom stereocenters. The van der Waals surface area contributed by atoms with Crippen molar-refractivity contribution in [3.05, 3.63) is 11.5 Å². The molecule has 0 aliphatic heterocycles. The Bertz CT molecular complexity index is 224. The van der Waals surface area contributed by atoms with Gasteiger partial charge in [0.2, 0.25) is 0 Å². The molecule has 0 bridgehead atoms. The van der Waals surface area contributed by atoms with Crippen molar-refractivity contribution in [2.24, 2.45) is 0 Å². The van der Waals surface area contributed by atoms with Crippen LogP contribution in [0, 0.1) is 0 Å². The fourth-order valence-electron chi connectivity index (χ4n) is 1.90. The van der Waals surface area contributed by atoms with Gasteiger partial charge in [-0.1, -0.05) is 19.8 Å². The van der Waals surface area contributed by atoms with Gasteiger partial charge in [-0.15, -0.1) is 0 Å². The topological polar surface area (TPSA) is 12.9 Å². The fraction of sp³-hybridized carbons (Fsp3) is 0.750. The second-order valence-electron chi connectivity index (χ2n) is 3.62. The van der Waals surface area contributed by atoms with Crippen molar-refractivity contribution in [2.45, 2.75) is 38.0 Å². The number of nitrogens with zero attached hydrogens (tertiary/aromatic N) is 1. The minimum absolute atomic E-state index is 0.536. The summed E-state index contributed by atoms with van der Waals surface area (Å²) in [5.41, 5.74) is 0.536. The van der Waals surface area contributed by atoms with Crippen LogP contribution in [0.1, 0.15) is 37.9 Å². The maximum absolute atomic E-state index is 4.31. The zero-order valence-electron chi connectivity index (χ0n) is 6.80. The van der Waals surface area contributed by atoms with Crippen LogP contribution < -0.4 is 0 Å². The molecule has 11 heavy (non-hydrogen) atoms. The molecule has 2 rings (SSSR count). The first-order valence-electron chi connectivity index (χ1n) is 4.17. The highest BCUT2D eigenvalue weighted by Gasteiger charge is 2.31. The predicted octanol–water partition coefficient (Wildman–Crippen LogP) is 3.52. The minimum Gasteiger partial charge on any atom is -0.244 e. The third kappa shape index (κ3) is 1.37. The maximum atomic E-state index is 4.31. The quantitative estimate of drug-likeness (QED) is 0.652. The molecule has 0 saturated heterocycles. The summed E-state index contributed by atoms with van der Waals surface area (Å²) in [5.74, 6) is 0. The molecule has 60 valence electrons. The second-order valence-corrected chi connectivity index (χ2v) is 6.06. The molecule has 1 aromatic rings. The molecule has 1 aliphatic rings. The number of aromatic nitrogens is 1. The monoisotopic (exact) mass is 185 g/mol. The summed E-state index contributed by atoms with van der Waals surface area (Å²) in [4.78, 5) is 0. The molecule has 0 N–H and O–H groups in total. The number of hydrogen-bond donors (Lipinski definition) is 0. The van der Waals surface area contributed by atoms with E-state index < -0.39 is 0 Å². The molecule has 1 aliphatic carbocycles. The summed E-state index contributed by atoms with van der Waals surface area (Å²) < 4.78 is 4.31. The van der Waals surface area contributed by atoms with E-state index in [0.29, 0.717) is 5.41 Å². The van der Waals surface area contributed by atoms with E-state index >= 15 is 0 Å². The van der Waals surface area contributed by atoms with Gasteiger partial charge in [0.15, 0.2) is 0 Å². The number of hydrogen-bond acceptors (Lipinski definition) is 1. The van der Waals surface area contributed by atoms with Gasteiger partial charge in [-0.2, -0.15) is 0 Å². The van der Waals surface area contributed by atoms with Gasteiger partial charge in [0.05, 0.1) is 0 Å². The first-order chi connectivity index (χ1) is 5.31. The zero-order valence-corrected chi connectivity index (χ0v) is 8.69. The number of rotatable bonds is 1. The molecule has 1 aromatic heterocycles. The summed E-state index contributed by atoms with van der Waals surface area (Å²) in [6.45, 7) is 2.41. The highest BCUT2D eigenvalue weighted by Crippen LogP contribution is 2.45. The van der Waals surface area contributed by atoms with E-state index in [1.807, 2.05) is 0 Å². The first-order valence-corrected chi connectivity index (χ1v) is 6.86. The van der Waals surface area contributed by atoms with Crippen LogP contribution in [0.2, 0.25) is 0 Å². The summed E-state index contributed by atoms with van der Waals surface area (Å²) >= 11 is 0. The van der Waals surface area contributed by atoms with Crippen LogP contribution in [0.25, 0.3) is 0 Å². The summed E-state index contributed by atoms with van der Waals surface area (Å²) in [6.07, 6.45) is 7.77. The highest BCUT2D eigenvalue weighted by atomic mass is 31.8. The van der Waals surface area contributed by atoms with E-state index in [1.165, 1.54) is 33.6 Å². The standard InChI is InChI=1S/C8H13NP2/c1-8(4-2-3-5-8)7-6-9-11-10-7/h6,11H,2-5H2,1H3. The average Bonchev–Trinajstić information content (AvgIpc) is 2.55. The highest BCUT2D eigenvalue weighted by molar-refractivity contribution is 7.89. The molecule has 0 spiro atoms. The molecule has 3 heteroatoms. The van der Waals surface area contributed by atoms with Crippen LogP contribution >= 0.6 is 15.9 Å². The Morgan fingerprint density at radius 1 is 1.55 bits per heavy atom. The van der Waals surface area contributed by atoms with Gasteiger partial charge in [-0.3, -0.25) is 0 Å². The second kappa shape index (κ2) is 2.88. The SMILES string of the molecule is CC1(c2cn[pH]p2)CCCC1. The minimum atomic E-state index is 0.536. The van der Waals surface area contributed by atoms with Crippen LogP contribution in [0.3, 0.4) is 0 Å². The molecular formula is C8H13NP2. The van der Waals surface area contributed by atoms with E-state index in [4.69, 9.17) is 0 Å². The van der Waals surface area contributed by atoms with Crippen LogP contribution in [0.5, 0.6) is 0 Å². The van der Waals surface area contributed by atoms with Crippen molar-refractivity contribution < 1.29 is 0 Å². The predicted molar refractivity (Wildman–Crippen MR) is 52.1 cm³/mol. The Labute approximate surface area is 70.8 Å². The zero-order chi connectivity index (χ0) is 7.73.